The molecule has 1 aliphatic carbocycles. The molecule has 1 saturated carbocycles. The molecule has 0 N–H and O–H groups in total. The molecule has 0 aromatic heterocycles. The summed E-state index contributed by atoms with van der Waals surface area (Å²) >= 11 is 5.59. The van der Waals surface area contributed by atoms with Crippen molar-refractivity contribution < 1.29 is 14.3 Å². The maximum atomic E-state index is 12.4. The van der Waals surface area contributed by atoms with Gasteiger partial charge in [-0.3, -0.25) is 4.79 Å². The lowest BCUT2D eigenvalue weighted by Crippen LogP contribution is -2.51. The number of hydrogen-bond acceptors (Lipinski definition) is 3. The minimum absolute atomic E-state index is 0.0228. The minimum Gasteiger partial charge on any atom is -0.444 e. The molecule has 0 atom stereocenters. The molecule has 120 valence electrons. The Balaban J connectivity index is 1.94. The standard InChI is InChI=1S/C15H25ClN2O3/c1-15(2,3)21-14(20)18(11-4-5-11)12-6-8-17(9-7-12)13(19)10-16/h11-12H,4-10H2,1-3H3. The van der Waals surface area contributed by atoms with Gasteiger partial charge < -0.3 is 14.5 Å². The van der Waals surface area contributed by atoms with Gasteiger partial charge in [0.2, 0.25) is 5.91 Å². The second-order valence-corrected chi connectivity index (χ2v) is 7.13. The van der Waals surface area contributed by atoms with Crippen LogP contribution in [0.2, 0.25) is 0 Å². The number of alkyl halides is 1. The molecule has 0 radical (unpaired) electrons. The number of carbonyl (C=O) groups excluding carboxylic acids is 2. The van der Waals surface area contributed by atoms with E-state index >= 15 is 0 Å². The van der Waals surface area contributed by atoms with E-state index in [1.807, 2.05) is 25.7 Å². The first-order valence-corrected chi connectivity index (χ1v) is 8.20. The lowest BCUT2D eigenvalue weighted by atomic mass is 10.0. The maximum Gasteiger partial charge on any atom is 0.410 e. The van der Waals surface area contributed by atoms with E-state index in [0.717, 1.165) is 25.7 Å². The number of ether oxygens (including phenoxy) is 1. The lowest BCUT2D eigenvalue weighted by Gasteiger charge is -2.39. The predicted octanol–water partition coefficient (Wildman–Crippen LogP) is 2.62. The fraction of sp³-hybridized carbons (Fsp3) is 0.867. The number of halogens is 1. The SMILES string of the molecule is CC(C)(C)OC(=O)N(C1CC1)C1CCN(C(=O)CCl)CC1. The second kappa shape index (κ2) is 6.42. The van der Waals surface area contributed by atoms with Gasteiger partial charge in [-0.1, -0.05) is 0 Å². The molecule has 0 spiro atoms. The summed E-state index contributed by atoms with van der Waals surface area (Å²) in [6.45, 7) is 7.00. The Kier molecular flexibility index (Phi) is 5.02. The molecule has 21 heavy (non-hydrogen) atoms. The Morgan fingerprint density at radius 2 is 1.67 bits per heavy atom. The van der Waals surface area contributed by atoms with Crippen LogP contribution in [0.5, 0.6) is 0 Å². The highest BCUT2D eigenvalue weighted by Crippen LogP contribution is 2.33. The first-order chi connectivity index (χ1) is 9.81. The Morgan fingerprint density at radius 3 is 2.10 bits per heavy atom. The molecular weight excluding hydrogens is 292 g/mol. The van der Waals surface area contributed by atoms with Gasteiger partial charge in [-0.15, -0.1) is 11.6 Å². The highest BCUT2D eigenvalue weighted by molar-refractivity contribution is 6.27. The summed E-state index contributed by atoms with van der Waals surface area (Å²) in [5, 5.41) is 0. The van der Waals surface area contributed by atoms with Crippen LogP contribution in [0.3, 0.4) is 0 Å². The largest absolute Gasteiger partial charge is 0.444 e. The van der Waals surface area contributed by atoms with Crippen LogP contribution >= 0.6 is 11.6 Å². The highest BCUT2D eigenvalue weighted by atomic mass is 35.5. The Morgan fingerprint density at radius 1 is 1.14 bits per heavy atom. The lowest BCUT2D eigenvalue weighted by molar-refractivity contribution is -0.129. The van der Waals surface area contributed by atoms with Crippen molar-refractivity contribution in [3.63, 3.8) is 0 Å². The summed E-state index contributed by atoms with van der Waals surface area (Å²) in [7, 11) is 0. The summed E-state index contributed by atoms with van der Waals surface area (Å²) in [6, 6.07) is 0.492. The normalized spacial score (nSPS) is 20.3. The number of carbonyl (C=O) groups is 2. The van der Waals surface area contributed by atoms with E-state index in [2.05, 4.69) is 0 Å². The van der Waals surface area contributed by atoms with Crippen LogP contribution in [0.1, 0.15) is 46.5 Å². The molecular formula is C15H25ClN2O3. The van der Waals surface area contributed by atoms with Gasteiger partial charge in [0.25, 0.3) is 0 Å². The topological polar surface area (TPSA) is 49.9 Å². The zero-order valence-corrected chi connectivity index (χ0v) is 13.9. The van der Waals surface area contributed by atoms with E-state index in [4.69, 9.17) is 16.3 Å². The van der Waals surface area contributed by atoms with E-state index in [-0.39, 0.29) is 23.9 Å². The van der Waals surface area contributed by atoms with Gasteiger partial charge in [0.05, 0.1) is 0 Å². The maximum absolute atomic E-state index is 12.4. The molecule has 1 heterocycles. The van der Waals surface area contributed by atoms with Gasteiger partial charge >= 0.3 is 6.09 Å². The third-order valence-corrected chi connectivity index (χ3v) is 4.10. The van der Waals surface area contributed by atoms with Crippen molar-refractivity contribution in [3.8, 4) is 0 Å². The number of rotatable bonds is 3. The van der Waals surface area contributed by atoms with Crippen molar-refractivity contribution in [2.24, 2.45) is 0 Å². The monoisotopic (exact) mass is 316 g/mol. The Hall–Kier alpha value is -0.970. The summed E-state index contributed by atoms with van der Waals surface area (Å²) in [5.74, 6) is 0.00801. The fourth-order valence-corrected chi connectivity index (χ4v) is 2.91. The van der Waals surface area contributed by atoms with Crippen molar-refractivity contribution >= 4 is 23.6 Å². The summed E-state index contributed by atoms with van der Waals surface area (Å²) < 4.78 is 5.54. The number of amides is 2. The highest BCUT2D eigenvalue weighted by Gasteiger charge is 2.40. The van der Waals surface area contributed by atoms with Crippen LogP contribution < -0.4 is 0 Å². The van der Waals surface area contributed by atoms with Gasteiger partial charge in [-0.2, -0.15) is 0 Å². The summed E-state index contributed by atoms with van der Waals surface area (Å²) in [6.07, 6.45) is 3.50. The second-order valence-electron chi connectivity index (χ2n) is 6.86. The van der Waals surface area contributed by atoms with Crippen molar-refractivity contribution in [2.45, 2.75) is 64.1 Å². The Bertz CT molecular complexity index is 396. The van der Waals surface area contributed by atoms with Crippen LogP contribution in [-0.2, 0) is 9.53 Å². The molecule has 6 heteroatoms. The van der Waals surface area contributed by atoms with E-state index in [9.17, 15) is 9.59 Å². The molecule has 5 nitrogen and oxygen atoms in total. The van der Waals surface area contributed by atoms with Crippen molar-refractivity contribution in [2.75, 3.05) is 19.0 Å². The molecule has 1 saturated heterocycles. The van der Waals surface area contributed by atoms with E-state index < -0.39 is 5.60 Å². The molecule has 2 aliphatic rings. The molecule has 2 amide bonds. The van der Waals surface area contributed by atoms with Crippen molar-refractivity contribution in [3.05, 3.63) is 0 Å². The number of nitrogens with zero attached hydrogens (tertiary/aromatic N) is 2. The summed E-state index contributed by atoms with van der Waals surface area (Å²) in [4.78, 5) is 27.7. The van der Waals surface area contributed by atoms with Gasteiger partial charge in [0.1, 0.15) is 11.5 Å². The number of hydrogen-bond donors (Lipinski definition) is 0. The fourth-order valence-electron chi connectivity index (χ4n) is 2.74. The third-order valence-electron chi connectivity index (χ3n) is 3.87. The van der Waals surface area contributed by atoms with E-state index in [1.54, 1.807) is 4.90 Å². The van der Waals surface area contributed by atoms with Crippen molar-refractivity contribution in [1.29, 1.82) is 0 Å². The van der Waals surface area contributed by atoms with Crippen LogP contribution in [0.15, 0.2) is 0 Å². The van der Waals surface area contributed by atoms with E-state index in [0.29, 0.717) is 19.1 Å². The van der Waals surface area contributed by atoms with E-state index in [1.165, 1.54) is 0 Å². The van der Waals surface area contributed by atoms with Gasteiger partial charge in [-0.25, -0.2) is 4.79 Å². The molecule has 2 rings (SSSR count). The Labute approximate surface area is 131 Å². The molecule has 1 aliphatic heterocycles. The average Bonchev–Trinajstić information content (AvgIpc) is 3.21. The third kappa shape index (κ3) is 4.50. The predicted molar refractivity (Wildman–Crippen MR) is 81.4 cm³/mol. The minimum atomic E-state index is -0.473. The van der Waals surface area contributed by atoms with Gasteiger partial charge in [0, 0.05) is 25.2 Å². The quantitative estimate of drug-likeness (QED) is 0.752. The first-order valence-electron chi connectivity index (χ1n) is 7.67. The molecule has 0 bridgehead atoms. The molecule has 0 aromatic carbocycles. The average molecular weight is 317 g/mol. The van der Waals surface area contributed by atoms with Crippen LogP contribution in [0, 0.1) is 0 Å². The van der Waals surface area contributed by atoms with Crippen molar-refractivity contribution in [1.82, 2.24) is 9.80 Å². The van der Waals surface area contributed by atoms with Gasteiger partial charge in [-0.05, 0) is 46.5 Å². The van der Waals surface area contributed by atoms with Gasteiger partial charge in [0.15, 0.2) is 0 Å². The smallest absolute Gasteiger partial charge is 0.410 e. The number of piperidine rings is 1. The zero-order chi connectivity index (χ0) is 15.6. The van der Waals surface area contributed by atoms with Crippen LogP contribution in [0.4, 0.5) is 4.79 Å². The van der Waals surface area contributed by atoms with Crippen LogP contribution in [0.25, 0.3) is 0 Å². The molecule has 0 unspecified atom stereocenters. The first kappa shape index (κ1) is 16.4. The molecule has 2 fully saturated rings. The summed E-state index contributed by atoms with van der Waals surface area (Å²) in [5.41, 5.74) is -0.473. The van der Waals surface area contributed by atoms with Crippen LogP contribution in [-0.4, -0.2) is 58.5 Å². The zero-order valence-electron chi connectivity index (χ0n) is 13.1. The molecule has 0 aromatic rings. The number of likely N-dealkylation sites (tertiary alicyclic amines) is 1.